The van der Waals surface area contributed by atoms with Crippen LogP contribution in [0.15, 0.2) is 18.3 Å². The quantitative estimate of drug-likeness (QED) is 0.789. The molecule has 0 amide bonds. The van der Waals surface area contributed by atoms with E-state index in [4.69, 9.17) is 5.26 Å². The summed E-state index contributed by atoms with van der Waals surface area (Å²) in [5.74, 6) is 0. The molecule has 0 atom stereocenters. The SMILES string of the molecule is CCN(CC)CCNc1ccc(C#N)nc1. The Bertz CT molecular complexity index is 335. The first-order valence-corrected chi connectivity index (χ1v) is 5.62. The van der Waals surface area contributed by atoms with Crippen molar-refractivity contribution in [2.45, 2.75) is 13.8 Å². The number of hydrogen-bond donors (Lipinski definition) is 1. The predicted octanol–water partition coefficient (Wildman–Crippen LogP) is 1.71. The van der Waals surface area contributed by atoms with Crippen LogP contribution in [0.4, 0.5) is 5.69 Å². The summed E-state index contributed by atoms with van der Waals surface area (Å²) < 4.78 is 0. The number of rotatable bonds is 6. The first kappa shape index (κ1) is 12.5. The van der Waals surface area contributed by atoms with E-state index < -0.39 is 0 Å². The zero-order chi connectivity index (χ0) is 11.8. The molecule has 1 aromatic heterocycles. The first-order chi connectivity index (χ1) is 7.80. The molecule has 0 saturated carbocycles. The van der Waals surface area contributed by atoms with E-state index in [1.807, 2.05) is 12.1 Å². The highest BCUT2D eigenvalue weighted by Crippen LogP contribution is 2.04. The molecule has 4 heteroatoms. The van der Waals surface area contributed by atoms with Gasteiger partial charge in [0.25, 0.3) is 0 Å². The third kappa shape index (κ3) is 3.87. The fourth-order valence-electron chi connectivity index (χ4n) is 1.46. The summed E-state index contributed by atoms with van der Waals surface area (Å²) in [6.45, 7) is 8.38. The van der Waals surface area contributed by atoms with Crippen molar-refractivity contribution < 1.29 is 0 Å². The lowest BCUT2D eigenvalue weighted by Gasteiger charge is -2.18. The van der Waals surface area contributed by atoms with Gasteiger partial charge in [0.15, 0.2) is 0 Å². The Labute approximate surface area is 96.9 Å². The molecule has 0 aromatic carbocycles. The standard InChI is InChI=1S/C12H18N4/c1-3-16(4-2)8-7-14-12-6-5-11(9-13)15-10-12/h5-6,10,14H,3-4,7-8H2,1-2H3. The number of hydrogen-bond acceptors (Lipinski definition) is 4. The van der Waals surface area contributed by atoms with Crippen molar-refractivity contribution in [2.24, 2.45) is 0 Å². The normalized spacial score (nSPS) is 10.1. The van der Waals surface area contributed by atoms with Crippen LogP contribution < -0.4 is 5.32 Å². The van der Waals surface area contributed by atoms with E-state index in [2.05, 4.69) is 29.0 Å². The maximum atomic E-state index is 8.60. The van der Waals surface area contributed by atoms with Gasteiger partial charge in [0.1, 0.15) is 11.8 Å². The zero-order valence-electron chi connectivity index (χ0n) is 9.90. The van der Waals surface area contributed by atoms with Gasteiger partial charge in [0, 0.05) is 13.1 Å². The van der Waals surface area contributed by atoms with Crippen molar-refractivity contribution in [3.05, 3.63) is 24.0 Å². The monoisotopic (exact) mass is 218 g/mol. The average molecular weight is 218 g/mol. The average Bonchev–Trinajstić information content (AvgIpc) is 2.35. The van der Waals surface area contributed by atoms with Crippen LogP contribution in [-0.2, 0) is 0 Å². The topological polar surface area (TPSA) is 52.0 Å². The van der Waals surface area contributed by atoms with E-state index in [0.29, 0.717) is 5.69 Å². The molecule has 0 aliphatic heterocycles. The highest BCUT2D eigenvalue weighted by molar-refractivity contribution is 5.42. The molecule has 86 valence electrons. The van der Waals surface area contributed by atoms with Crippen molar-refractivity contribution >= 4 is 5.69 Å². The van der Waals surface area contributed by atoms with Gasteiger partial charge in [-0.1, -0.05) is 13.8 Å². The summed E-state index contributed by atoms with van der Waals surface area (Å²) in [6.07, 6.45) is 1.70. The molecule has 1 N–H and O–H groups in total. The molecule has 1 rings (SSSR count). The van der Waals surface area contributed by atoms with Crippen LogP contribution in [0.1, 0.15) is 19.5 Å². The third-order valence-electron chi connectivity index (χ3n) is 2.53. The fraction of sp³-hybridized carbons (Fsp3) is 0.500. The smallest absolute Gasteiger partial charge is 0.140 e. The second-order valence-corrected chi connectivity index (χ2v) is 3.50. The molecule has 0 fully saturated rings. The molecule has 4 nitrogen and oxygen atoms in total. The molecule has 1 aromatic rings. The predicted molar refractivity (Wildman–Crippen MR) is 65.2 cm³/mol. The van der Waals surface area contributed by atoms with Crippen LogP contribution in [0.25, 0.3) is 0 Å². The van der Waals surface area contributed by atoms with E-state index in [1.54, 1.807) is 12.3 Å². The number of nitrogens with zero attached hydrogens (tertiary/aromatic N) is 3. The van der Waals surface area contributed by atoms with Gasteiger partial charge in [-0.15, -0.1) is 0 Å². The van der Waals surface area contributed by atoms with E-state index in [0.717, 1.165) is 31.9 Å². The molecule has 0 aliphatic carbocycles. The lowest BCUT2D eigenvalue weighted by Crippen LogP contribution is -2.28. The maximum Gasteiger partial charge on any atom is 0.140 e. The molecule has 0 unspecified atom stereocenters. The summed E-state index contributed by atoms with van der Waals surface area (Å²) in [5.41, 5.74) is 1.42. The van der Waals surface area contributed by atoms with Crippen LogP contribution in [0.5, 0.6) is 0 Å². The van der Waals surface area contributed by atoms with Crippen molar-refractivity contribution in [1.82, 2.24) is 9.88 Å². The Morgan fingerprint density at radius 2 is 2.12 bits per heavy atom. The van der Waals surface area contributed by atoms with Crippen LogP contribution >= 0.6 is 0 Å². The number of likely N-dealkylation sites (N-methyl/N-ethyl adjacent to an activating group) is 1. The Kier molecular flexibility index (Phi) is 5.30. The number of aromatic nitrogens is 1. The minimum Gasteiger partial charge on any atom is -0.383 e. The summed E-state index contributed by atoms with van der Waals surface area (Å²) in [6, 6.07) is 5.60. The van der Waals surface area contributed by atoms with E-state index in [1.165, 1.54) is 0 Å². The van der Waals surface area contributed by atoms with Crippen LogP contribution in [-0.4, -0.2) is 36.1 Å². The van der Waals surface area contributed by atoms with Crippen LogP contribution in [0.2, 0.25) is 0 Å². The fourth-order valence-corrected chi connectivity index (χ4v) is 1.46. The van der Waals surface area contributed by atoms with E-state index in [9.17, 15) is 0 Å². The Hall–Kier alpha value is -1.60. The minimum absolute atomic E-state index is 0.453. The van der Waals surface area contributed by atoms with Crippen molar-refractivity contribution in [3.8, 4) is 6.07 Å². The molecule has 0 bridgehead atoms. The van der Waals surface area contributed by atoms with Gasteiger partial charge >= 0.3 is 0 Å². The largest absolute Gasteiger partial charge is 0.383 e. The van der Waals surface area contributed by atoms with Gasteiger partial charge < -0.3 is 10.2 Å². The second-order valence-electron chi connectivity index (χ2n) is 3.50. The molecule has 0 spiro atoms. The van der Waals surface area contributed by atoms with E-state index >= 15 is 0 Å². The lowest BCUT2D eigenvalue weighted by molar-refractivity contribution is 0.316. The summed E-state index contributed by atoms with van der Waals surface area (Å²) in [7, 11) is 0. The Balaban J connectivity index is 2.34. The van der Waals surface area contributed by atoms with Gasteiger partial charge in [0.05, 0.1) is 11.9 Å². The van der Waals surface area contributed by atoms with E-state index in [-0.39, 0.29) is 0 Å². The summed E-state index contributed by atoms with van der Waals surface area (Å²) in [5, 5.41) is 11.9. The first-order valence-electron chi connectivity index (χ1n) is 5.62. The second kappa shape index (κ2) is 6.81. The minimum atomic E-state index is 0.453. The maximum absolute atomic E-state index is 8.60. The number of pyridine rings is 1. The highest BCUT2D eigenvalue weighted by atomic mass is 15.1. The molecule has 0 aliphatic rings. The molecule has 0 saturated heterocycles. The molecular formula is C12H18N4. The molecule has 0 radical (unpaired) electrons. The molecule has 16 heavy (non-hydrogen) atoms. The third-order valence-corrected chi connectivity index (χ3v) is 2.53. The Morgan fingerprint density at radius 3 is 2.62 bits per heavy atom. The number of nitriles is 1. The van der Waals surface area contributed by atoms with Gasteiger partial charge in [-0.2, -0.15) is 5.26 Å². The number of nitrogens with one attached hydrogen (secondary N) is 1. The zero-order valence-corrected chi connectivity index (χ0v) is 9.90. The van der Waals surface area contributed by atoms with Crippen molar-refractivity contribution in [1.29, 1.82) is 5.26 Å². The summed E-state index contributed by atoms with van der Waals surface area (Å²) >= 11 is 0. The van der Waals surface area contributed by atoms with Gasteiger partial charge in [-0.3, -0.25) is 0 Å². The highest BCUT2D eigenvalue weighted by Gasteiger charge is 1.98. The van der Waals surface area contributed by atoms with Crippen molar-refractivity contribution in [2.75, 3.05) is 31.5 Å². The van der Waals surface area contributed by atoms with Crippen LogP contribution in [0, 0.1) is 11.3 Å². The van der Waals surface area contributed by atoms with Crippen LogP contribution in [0.3, 0.4) is 0 Å². The van der Waals surface area contributed by atoms with Gasteiger partial charge in [-0.25, -0.2) is 4.98 Å². The number of anilines is 1. The molecule has 1 heterocycles. The molecular weight excluding hydrogens is 200 g/mol. The lowest BCUT2D eigenvalue weighted by atomic mass is 10.3. The van der Waals surface area contributed by atoms with Crippen molar-refractivity contribution in [3.63, 3.8) is 0 Å². The Morgan fingerprint density at radius 1 is 1.38 bits per heavy atom. The van der Waals surface area contributed by atoms with Gasteiger partial charge in [0.2, 0.25) is 0 Å². The van der Waals surface area contributed by atoms with Gasteiger partial charge in [-0.05, 0) is 25.2 Å². The summed E-state index contributed by atoms with van der Waals surface area (Å²) in [4.78, 5) is 6.35.